The Balaban J connectivity index is 1.83. The van der Waals surface area contributed by atoms with Gasteiger partial charge in [0, 0.05) is 19.0 Å². The first kappa shape index (κ1) is 12.9. The minimum Gasteiger partial charge on any atom is -0.393 e. The molecular formula is C13H19ClN4O. The van der Waals surface area contributed by atoms with Crippen molar-refractivity contribution in [2.24, 2.45) is 5.92 Å². The van der Waals surface area contributed by atoms with Crippen molar-refractivity contribution in [2.45, 2.75) is 37.7 Å². The molecule has 3 N–H and O–H groups in total. The van der Waals surface area contributed by atoms with E-state index >= 15 is 0 Å². The summed E-state index contributed by atoms with van der Waals surface area (Å²) in [5, 5.41) is 11.0. The van der Waals surface area contributed by atoms with Gasteiger partial charge in [-0.1, -0.05) is 24.4 Å². The monoisotopic (exact) mass is 282 g/mol. The average Bonchev–Trinajstić information content (AvgIpc) is 2.41. The van der Waals surface area contributed by atoms with Gasteiger partial charge >= 0.3 is 0 Å². The van der Waals surface area contributed by atoms with Gasteiger partial charge in [-0.15, -0.1) is 0 Å². The lowest BCUT2D eigenvalue weighted by Gasteiger charge is -2.47. The van der Waals surface area contributed by atoms with E-state index in [4.69, 9.17) is 17.3 Å². The molecule has 2 atom stereocenters. The summed E-state index contributed by atoms with van der Waals surface area (Å²) >= 11 is 5.95. The van der Waals surface area contributed by atoms with Crippen molar-refractivity contribution in [1.29, 1.82) is 0 Å². The third kappa shape index (κ3) is 2.25. The molecule has 0 amide bonds. The molecule has 1 saturated heterocycles. The van der Waals surface area contributed by atoms with Crippen LogP contribution in [0.5, 0.6) is 0 Å². The van der Waals surface area contributed by atoms with Crippen LogP contribution in [0.25, 0.3) is 0 Å². The fraction of sp³-hybridized carbons (Fsp3) is 0.692. The Hall–Kier alpha value is -1.07. The highest BCUT2D eigenvalue weighted by Gasteiger charge is 2.43. The zero-order chi connectivity index (χ0) is 13.5. The van der Waals surface area contributed by atoms with Crippen molar-refractivity contribution in [3.63, 3.8) is 0 Å². The number of aliphatic hydroxyl groups is 1. The van der Waals surface area contributed by atoms with E-state index in [1.54, 1.807) is 0 Å². The molecule has 2 heterocycles. The Morgan fingerprint density at radius 1 is 1.37 bits per heavy atom. The minimum absolute atomic E-state index is 0.300. The van der Waals surface area contributed by atoms with Crippen LogP contribution in [0.1, 0.15) is 32.1 Å². The van der Waals surface area contributed by atoms with E-state index in [2.05, 4.69) is 14.9 Å². The Bertz CT molecular complexity index is 484. The number of rotatable bonds is 1. The summed E-state index contributed by atoms with van der Waals surface area (Å²) < 4.78 is 0. The number of fused-ring (bicyclic) bond motifs is 1. The van der Waals surface area contributed by atoms with Crippen molar-refractivity contribution in [2.75, 3.05) is 23.7 Å². The third-order valence-corrected chi connectivity index (χ3v) is 4.84. The second-order valence-corrected chi connectivity index (χ2v) is 6.00. The third-order valence-electron chi connectivity index (χ3n) is 4.54. The summed E-state index contributed by atoms with van der Waals surface area (Å²) in [4.78, 5) is 10.3. The van der Waals surface area contributed by atoms with Crippen LogP contribution in [-0.2, 0) is 0 Å². The first-order valence-corrected chi connectivity index (χ1v) is 7.21. The van der Waals surface area contributed by atoms with Crippen LogP contribution in [0.3, 0.4) is 0 Å². The lowest BCUT2D eigenvalue weighted by Crippen LogP contribution is -2.53. The summed E-state index contributed by atoms with van der Waals surface area (Å²) in [5.74, 6) is 1.01. The Kier molecular flexibility index (Phi) is 3.27. The number of anilines is 2. The van der Waals surface area contributed by atoms with E-state index < -0.39 is 5.60 Å². The van der Waals surface area contributed by atoms with Gasteiger partial charge in [0.15, 0.2) is 11.0 Å². The zero-order valence-electron chi connectivity index (χ0n) is 10.8. The second-order valence-electron chi connectivity index (χ2n) is 5.64. The molecule has 2 unspecified atom stereocenters. The van der Waals surface area contributed by atoms with E-state index in [1.165, 1.54) is 12.7 Å². The summed E-state index contributed by atoms with van der Waals surface area (Å²) in [5.41, 5.74) is 5.90. The fourth-order valence-electron chi connectivity index (χ4n) is 3.38. The van der Waals surface area contributed by atoms with Gasteiger partial charge in [0.05, 0.1) is 5.60 Å². The van der Waals surface area contributed by atoms with Gasteiger partial charge in [-0.25, -0.2) is 9.97 Å². The molecule has 1 saturated carbocycles. The average molecular weight is 283 g/mol. The number of nitrogen functional groups attached to an aromatic ring is 1. The van der Waals surface area contributed by atoms with Crippen molar-refractivity contribution in [3.05, 3.63) is 11.5 Å². The maximum atomic E-state index is 10.7. The van der Waals surface area contributed by atoms with Crippen LogP contribution in [0.4, 0.5) is 11.5 Å². The summed E-state index contributed by atoms with van der Waals surface area (Å²) in [6.07, 6.45) is 6.54. The molecule has 1 aliphatic carbocycles. The lowest BCUT2D eigenvalue weighted by atomic mass is 9.71. The Morgan fingerprint density at radius 2 is 2.21 bits per heavy atom. The molecule has 1 aliphatic heterocycles. The van der Waals surface area contributed by atoms with Crippen LogP contribution in [0.15, 0.2) is 6.33 Å². The van der Waals surface area contributed by atoms with Gasteiger partial charge in [0.1, 0.15) is 12.0 Å². The largest absolute Gasteiger partial charge is 0.393 e. The van der Waals surface area contributed by atoms with Gasteiger partial charge in [0.2, 0.25) is 0 Å². The highest BCUT2D eigenvalue weighted by molar-refractivity contribution is 6.32. The number of nitrogens with zero attached hydrogens (tertiary/aromatic N) is 3. The number of piperidine rings is 1. The normalized spacial score (nSPS) is 31.1. The predicted octanol–water partition coefficient (Wildman–Crippen LogP) is 1.84. The molecule has 2 fully saturated rings. The van der Waals surface area contributed by atoms with Crippen LogP contribution in [0, 0.1) is 5.92 Å². The van der Waals surface area contributed by atoms with Crippen LogP contribution < -0.4 is 10.6 Å². The SMILES string of the molecule is Nc1c(Cl)ncnc1N1CCC2(O)CCCCC2C1. The predicted molar refractivity (Wildman–Crippen MR) is 75.2 cm³/mol. The quantitative estimate of drug-likeness (QED) is 0.769. The van der Waals surface area contributed by atoms with Gasteiger partial charge in [-0.2, -0.15) is 0 Å². The van der Waals surface area contributed by atoms with Gasteiger partial charge in [-0.05, 0) is 19.3 Å². The molecule has 104 valence electrons. The number of hydrogen-bond acceptors (Lipinski definition) is 5. The molecule has 1 aromatic rings. The topological polar surface area (TPSA) is 75.3 Å². The van der Waals surface area contributed by atoms with Gasteiger partial charge in [0.25, 0.3) is 0 Å². The van der Waals surface area contributed by atoms with E-state index in [1.807, 2.05) is 0 Å². The van der Waals surface area contributed by atoms with E-state index in [9.17, 15) is 5.11 Å². The van der Waals surface area contributed by atoms with Gasteiger partial charge < -0.3 is 15.7 Å². The molecule has 0 radical (unpaired) electrons. The van der Waals surface area contributed by atoms with Crippen molar-refractivity contribution >= 4 is 23.1 Å². The maximum Gasteiger partial charge on any atom is 0.157 e. The molecule has 0 spiro atoms. The molecule has 19 heavy (non-hydrogen) atoms. The molecule has 2 aliphatic rings. The van der Waals surface area contributed by atoms with E-state index in [-0.39, 0.29) is 0 Å². The number of nitrogens with two attached hydrogens (primary N) is 1. The number of aromatic nitrogens is 2. The van der Waals surface area contributed by atoms with Crippen molar-refractivity contribution in [3.8, 4) is 0 Å². The summed E-state index contributed by atoms with van der Waals surface area (Å²) in [7, 11) is 0. The molecule has 6 heteroatoms. The fourth-order valence-corrected chi connectivity index (χ4v) is 3.51. The smallest absolute Gasteiger partial charge is 0.157 e. The highest BCUT2D eigenvalue weighted by atomic mass is 35.5. The molecule has 0 aromatic carbocycles. The second kappa shape index (κ2) is 4.80. The van der Waals surface area contributed by atoms with Gasteiger partial charge in [-0.3, -0.25) is 0 Å². The number of halogens is 1. The molecule has 0 bridgehead atoms. The lowest BCUT2D eigenvalue weighted by molar-refractivity contribution is -0.0613. The van der Waals surface area contributed by atoms with Crippen LogP contribution >= 0.6 is 11.6 Å². The molecular weight excluding hydrogens is 264 g/mol. The standard InChI is InChI=1S/C13H19ClN4O/c14-11-10(15)12(17-8-16-11)18-6-5-13(19)4-2-1-3-9(13)7-18/h8-9,19H,1-7,15H2. The van der Waals surface area contributed by atoms with Crippen LogP contribution in [-0.4, -0.2) is 33.8 Å². The first-order chi connectivity index (χ1) is 9.10. The van der Waals surface area contributed by atoms with E-state index in [0.29, 0.717) is 22.6 Å². The van der Waals surface area contributed by atoms with Crippen molar-refractivity contribution in [1.82, 2.24) is 9.97 Å². The minimum atomic E-state index is -0.486. The highest BCUT2D eigenvalue weighted by Crippen LogP contribution is 2.41. The van der Waals surface area contributed by atoms with Crippen LogP contribution in [0.2, 0.25) is 5.15 Å². The number of hydrogen-bond donors (Lipinski definition) is 2. The van der Waals surface area contributed by atoms with E-state index in [0.717, 1.165) is 38.8 Å². The Labute approximate surface area is 117 Å². The van der Waals surface area contributed by atoms with Crippen molar-refractivity contribution < 1.29 is 5.11 Å². The first-order valence-electron chi connectivity index (χ1n) is 6.83. The summed E-state index contributed by atoms with van der Waals surface area (Å²) in [6.45, 7) is 1.57. The molecule has 1 aromatic heterocycles. The molecule has 3 rings (SSSR count). The maximum absolute atomic E-state index is 10.7. The Morgan fingerprint density at radius 3 is 3.05 bits per heavy atom. The summed E-state index contributed by atoms with van der Waals surface area (Å²) in [6, 6.07) is 0. The zero-order valence-corrected chi connectivity index (χ0v) is 11.6. The molecule has 5 nitrogen and oxygen atoms in total.